The second kappa shape index (κ2) is 9.67. The molecule has 0 radical (unpaired) electrons. The number of carboxylic acids is 1. The summed E-state index contributed by atoms with van der Waals surface area (Å²) in [7, 11) is 2.96. The normalized spacial score (nSPS) is 12.0. The molecule has 6 nitrogen and oxygen atoms in total. The number of alkyl halides is 3. The number of halogens is 3. The maximum Gasteiger partial charge on any atom is 0.416 e. The van der Waals surface area contributed by atoms with Crippen LogP contribution in [0.25, 0.3) is 21.7 Å². The molecule has 0 aliphatic carbocycles. The van der Waals surface area contributed by atoms with Crippen LogP contribution < -0.4 is 14.2 Å². The molecular weight excluding hydrogens is 483 g/mol. The van der Waals surface area contributed by atoms with Crippen molar-refractivity contribution in [1.82, 2.24) is 4.98 Å². The number of nitrogens with zero attached hydrogens (tertiary/aromatic N) is 1. The molecule has 0 aliphatic heterocycles. The largest absolute Gasteiger partial charge is 0.493 e. The van der Waals surface area contributed by atoms with Crippen molar-refractivity contribution in [2.75, 3.05) is 14.2 Å². The lowest BCUT2D eigenvalue weighted by Gasteiger charge is -2.11. The molecule has 0 unspecified atom stereocenters. The Kier molecular flexibility index (Phi) is 6.65. The molecule has 0 aliphatic rings. The van der Waals surface area contributed by atoms with Gasteiger partial charge in [0.1, 0.15) is 5.75 Å². The second-order valence-corrected chi connectivity index (χ2v) is 8.31. The fourth-order valence-electron chi connectivity index (χ4n) is 3.38. The fraction of sp³-hybridized carbons (Fsp3) is 0.120. The standard InChI is InChI=1S/C25H18F3NO5S/c1-32-19-11-18-21(13-20(19)33-2)35-22(12-17(24(30)31)14-7-9-29-10-8-14)23(18)34-16-5-3-15(4-6-16)25(26,27)28/h3-13H,1-2H3,(H,30,31). The highest BCUT2D eigenvalue weighted by atomic mass is 32.1. The number of carbonyl (C=O) groups is 1. The molecule has 0 spiro atoms. The van der Waals surface area contributed by atoms with Crippen molar-refractivity contribution in [3.05, 3.63) is 76.9 Å². The van der Waals surface area contributed by atoms with Crippen molar-refractivity contribution in [1.29, 1.82) is 0 Å². The average molecular weight is 501 g/mol. The minimum Gasteiger partial charge on any atom is -0.493 e. The van der Waals surface area contributed by atoms with E-state index in [9.17, 15) is 23.1 Å². The Bertz CT molecular complexity index is 1400. The van der Waals surface area contributed by atoms with Crippen molar-refractivity contribution < 1.29 is 37.3 Å². The van der Waals surface area contributed by atoms with Gasteiger partial charge >= 0.3 is 12.1 Å². The number of aromatic nitrogens is 1. The highest BCUT2D eigenvalue weighted by molar-refractivity contribution is 7.20. The molecule has 10 heteroatoms. The molecule has 4 rings (SSSR count). The molecular formula is C25H18F3NO5S. The van der Waals surface area contributed by atoms with Crippen molar-refractivity contribution in [2.24, 2.45) is 0 Å². The van der Waals surface area contributed by atoms with Gasteiger partial charge < -0.3 is 19.3 Å². The van der Waals surface area contributed by atoms with E-state index in [1.54, 1.807) is 24.3 Å². The van der Waals surface area contributed by atoms with E-state index in [0.29, 0.717) is 32.0 Å². The van der Waals surface area contributed by atoms with E-state index in [1.807, 2.05) is 0 Å². The van der Waals surface area contributed by atoms with E-state index >= 15 is 0 Å². The lowest BCUT2D eigenvalue weighted by Crippen LogP contribution is -2.04. The molecule has 2 aromatic carbocycles. The summed E-state index contributed by atoms with van der Waals surface area (Å²) in [5, 5.41) is 10.4. The first-order valence-electron chi connectivity index (χ1n) is 10.1. The van der Waals surface area contributed by atoms with Gasteiger partial charge in [-0.25, -0.2) is 4.79 Å². The molecule has 0 bridgehead atoms. The third-order valence-electron chi connectivity index (χ3n) is 5.07. The molecule has 0 fully saturated rings. The van der Waals surface area contributed by atoms with Crippen molar-refractivity contribution in [3.63, 3.8) is 0 Å². The first-order valence-corrected chi connectivity index (χ1v) is 10.9. The van der Waals surface area contributed by atoms with Crippen LogP contribution in [0.5, 0.6) is 23.0 Å². The van der Waals surface area contributed by atoms with Gasteiger partial charge in [-0.3, -0.25) is 4.98 Å². The minimum absolute atomic E-state index is 0.00449. The Balaban J connectivity index is 1.89. The van der Waals surface area contributed by atoms with Gasteiger partial charge in [0.15, 0.2) is 17.2 Å². The molecule has 1 N–H and O–H groups in total. The number of carboxylic acid groups (broad SMARTS) is 1. The molecule has 2 heterocycles. The number of hydrogen-bond acceptors (Lipinski definition) is 6. The SMILES string of the molecule is COc1cc2sc(C=C(C(=O)O)c3ccncc3)c(Oc3ccc(C(F)(F)F)cc3)c2cc1OC. The van der Waals surface area contributed by atoms with E-state index in [0.717, 1.165) is 12.1 Å². The number of pyridine rings is 1. The first kappa shape index (κ1) is 24.1. The van der Waals surface area contributed by atoms with E-state index < -0.39 is 17.7 Å². The van der Waals surface area contributed by atoms with Gasteiger partial charge in [-0.2, -0.15) is 13.2 Å². The Morgan fingerprint density at radius 1 is 1.00 bits per heavy atom. The molecule has 180 valence electrons. The Labute approximate surface area is 201 Å². The van der Waals surface area contributed by atoms with E-state index in [-0.39, 0.29) is 17.1 Å². The zero-order valence-corrected chi connectivity index (χ0v) is 19.2. The van der Waals surface area contributed by atoms with Gasteiger partial charge in [-0.1, -0.05) is 0 Å². The summed E-state index contributed by atoms with van der Waals surface area (Å²) in [5.41, 5.74) is -0.381. The number of rotatable bonds is 7. The monoisotopic (exact) mass is 501 g/mol. The first-order chi connectivity index (χ1) is 16.7. The third-order valence-corrected chi connectivity index (χ3v) is 6.15. The predicted octanol–water partition coefficient (Wildman–Crippen LogP) is 6.75. The molecule has 0 atom stereocenters. The van der Waals surface area contributed by atoms with Crippen LogP contribution >= 0.6 is 11.3 Å². The lowest BCUT2D eigenvalue weighted by atomic mass is 10.1. The summed E-state index contributed by atoms with van der Waals surface area (Å²) in [6.45, 7) is 0. The molecule has 0 saturated carbocycles. The average Bonchev–Trinajstić information content (AvgIpc) is 3.17. The summed E-state index contributed by atoms with van der Waals surface area (Å²) in [6.07, 6.45) is -0.0637. The molecule has 0 saturated heterocycles. The summed E-state index contributed by atoms with van der Waals surface area (Å²) in [5.74, 6) is 0.148. The lowest BCUT2D eigenvalue weighted by molar-refractivity contribution is -0.137. The highest BCUT2D eigenvalue weighted by Gasteiger charge is 2.30. The molecule has 35 heavy (non-hydrogen) atoms. The van der Waals surface area contributed by atoms with Crippen LogP contribution in [0, 0.1) is 0 Å². The zero-order valence-electron chi connectivity index (χ0n) is 18.4. The third kappa shape index (κ3) is 5.07. The Morgan fingerprint density at radius 2 is 1.63 bits per heavy atom. The number of thiophene rings is 1. The summed E-state index contributed by atoms with van der Waals surface area (Å²) < 4.78 is 56.4. The number of methoxy groups -OCH3 is 2. The number of hydrogen-bond donors (Lipinski definition) is 1. The Hall–Kier alpha value is -4.05. The van der Waals surface area contributed by atoms with Crippen molar-refractivity contribution in [2.45, 2.75) is 6.18 Å². The number of benzene rings is 2. The minimum atomic E-state index is -4.48. The summed E-state index contributed by atoms with van der Waals surface area (Å²) in [6, 6.07) is 10.8. The van der Waals surface area contributed by atoms with E-state index in [2.05, 4.69) is 4.98 Å². The summed E-state index contributed by atoms with van der Waals surface area (Å²) >= 11 is 1.24. The van der Waals surface area contributed by atoms with Crippen LogP contribution in [0.4, 0.5) is 13.2 Å². The number of fused-ring (bicyclic) bond motifs is 1. The van der Waals surface area contributed by atoms with Crippen molar-refractivity contribution >= 4 is 39.0 Å². The fourth-order valence-corrected chi connectivity index (χ4v) is 4.47. The van der Waals surface area contributed by atoms with Crippen LogP contribution in [0.2, 0.25) is 0 Å². The van der Waals surface area contributed by atoms with Gasteiger partial charge in [0.2, 0.25) is 0 Å². The van der Waals surface area contributed by atoms with Crippen LogP contribution in [0.1, 0.15) is 16.0 Å². The van der Waals surface area contributed by atoms with Gasteiger partial charge in [-0.15, -0.1) is 11.3 Å². The molecule has 2 aromatic heterocycles. The van der Waals surface area contributed by atoms with Crippen LogP contribution in [0.3, 0.4) is 0 Å². The van der Waals surface area contributed by atoms with Crippen LogP contribution in [-0.4, -0.2) is 30.3 Å². The topological polar surface area (TPSA) is 77.9 Å². The van der Waals surface area contributed by atoms with Gasteiger partial charge in [-0.05, 0) is 54.1 Å². The van der Waals surface area contributed by atoms with Gasteiger partial charge in [0, 0.05) is 28.5 Å². The quantitative estimate of drug-likeness (QED) is 0.282. The molecule has 0 amide bonds. The number of ether oxygens (including phenoxy) is 3. The summed E-state index contributed by atoms with van der Waals surface area (Å²) in [4.78, 5) is 16.4. The van der Waals surface area contributed by atoms with Crippen LogP contribution in [0.15, 0.2) is 60.9 Å². The molecule has 4 aromatic rings. The maximum absolute atomic E-state index is 13.0. The Morgan fingerprint density at radius 3 is 2.20 bits per heavy atom. The van der Waals surface area contributed by atoms with E-state index in [4.69, 9.17) is 14.2 Å². The maximum atomic E-state index is 13.0. The van der Waals surface area contributed by atoms with Crippen molar-refractivity contribution in [3.8, 4) is 23.0 Å². The number of aliphatic carboxylic acids is 1. The smallest absolute Gasteiger partial charge is 0.416 e. The predicted molar refractivity (Wildman–Crippen MR) is 126 cm³/mol. The van der Waals surface area contributed by atoms with Gasteiger partial charge in [0.25, 0.3) is 0 Å². The van der Waals surface area contributed by atoms with E-state index in [1.165, 1.54) is 56.2 Å². The van der Waals surface area contributed by atoms with Crippen LogP contribution in [-0.2, 0) is 11.0 Å². The highest BCUT2D eigenvalue weighted by Crippen LogP contribution is 2.46. The second-order valence-electron chi connectivity index (χ2n) is 7.22. The zero-order chi connectivity index (χ0) is 25.2. The van der Waals surface area contributed by atoms with Gasteiger partial charge in [0.05, 0.1) is 30.2 Å².